The lowest BCUT2D eigenvalue weighted by Gasteiger charge is -2.33. The minimum Gasteiger partial charge on any atom is -0.459 e. The van der Waals surface area contributed by atoms with E-state index in [2.05, 4.69) is 0 Å². The summed E-state index contributed by atoms with van der Waals surface area (Å²) in [6.07, 6.45) is -1.30. The van der Waals surface area contributed by atoms with Gasteiger partial charge in [-0.3, -0.25) is 4.79 Å². The average Bonchev–Trinajstić information content (AvgIpc) is 2.53. The standard InChI is InChI=1S/C16H20O6/c1-11(17)22-15-10-20-14(8-13(15)19-2)16(18)21-9-12-6-4-3-5-7-12/h3-7,13-15H,8-10H2,1-2H3/t13-,14?,15?/m1/s1. The highest BCUT2D eigenvalue weighted by molar-refractivity contribution is 5.75. The highest BCUT2D eigenvalue weighted by Crippen LogP contribution is 2.21. The first-order valence-corrected chi connectivity index (χ1v) is 7.12. The highest BCUT2D eigenvalue weighted by Gasteiger charge is 2.37. The maximum Gasteiger partial charge on any atom is 0.335 e. The van der Waals surface area contributed by atoms with Crippen LogP contribution in [0, 0.1) is 0 Å². The fourth-order valence-electron chi connectivity index (χ4n) is 2.31. The molecule has 0 aliphatic carbocycles. The molecule has 2 rings (SSSR count). The van der Waals surface area contributed by atoms with Gasteiger partial charge in [0.15, 0.2) is 12.2 Å². The first-order valence-electron chi connectivity index (χ1n) is 7.12. The van der Waals surface area contributed by atoms with Crippen molar-refractivity contribution in [3.63, 3.8) is 0 Å². The van der Waals surface area contributed by atoms with Gasteiger partial charge in [0.25, 0.3) is 0 Å². The molecular formula is C16H20O6. The van der Waals surface area contributed by atoms with E-state index in [1.165, 1.54) is 14.0 Å². The Morgan fingerprint density at radius 2 is 1.95 bits per heavy atom. The topological polar surface area (TPSA) is 71.1 Å². The van der Waals surface area contributed by atoms with E-state index in [0.29, 0.717) is 6.42 Å². The molecule has 0 aromatic heterocycles. The second-order valence-corrected chi connectivity index (χ2v) is 5.07. The van der Waals surface area contributed by atoms with Gasteiger partial charge in [-0.15, -0.1) is 0 Å². The van der Waals surface area contributed by atoms with Crippen LogP contribution in [0.4, 0.5) is 0 Å². The van der Waals surface area contributed by atoms with Gasteiger partial charge in [-0.1, -0.05) is 30.3 Å². The minimum atomic E-state index is -0.708. The third-order valence-corrected chi connectivity index (χ3v) is 3.43. The SMILES string of the molecule is CO[C@@H]1CC(C(=O)OCc2ccccc2)OCC1OC(C)=O. The molecule has 3 atom stereocenters. The van der Waals surface area contributed by atoms with Gasteiger partial charge in [0.05, 0.1) is 12.7 Å². The zero-order chi connectivity index (χ0) is 15.9. The summed E-state index contributed by atoms with van der Waals surface area (Å²) >= 11 is 0. The molecule has 1 aromatic carbocycles. The largest absolute Gasteiger partial charge is 0.459 e. The van der Waals surface area contributed by atoms with Gasteiger partial charge in [-0.25, -0.2) is 4.79 Å². The Kier molecular flexibility index (Phi) is 5.91. The molecule has 1 fully saturated rings. The van der Waals surface area contributed by atoms with Gasteiger partial charge < -0.3 is 18.9 Å². The van der Waals surface area contributed by atoms with Crippen molar-refractivity contribution in [2.45, 2.75) is 38.3 Å². The summed E-state index contributed by atoms with van der Waals surface area (Å²) in [5.41, 5.74) is 0.910. The zero-order valence-electron chi connectivity index (χ0n) is 12.7. The number of carbonyl (C=O) groups is 2. The van der Waals surface area contributed by atoms with Gasteiger partial charge in [-0.2, -0.15) is 0 Å². The van der Waals surface area contributed by atoms with Crippen molar-refractivity contribution in [3.8, 4) is 0 Å². The number of benzene rings is 1. The van der Waals surface area contributed by atoms with Gasteiger partial charge >= 0.3 is 11.9 Å². The molecule has 6 heteroatoms. The molecule has 120 valence electrons. The maximum absolute atomic E-state index is 12.1. The lowest BCUT2D eigenvalue weighted by molar-refractivity contribution is -0.189. The van der Waals surface area contributed by atoms with Crippen LogP contribution in [0.1, 0.15) is 18.9 Å². The summed E-state index contributed by atoms with van der Waals surface area (Å²) in [4.78, 5) is 23.1. The predicted octanol–water partition coefficient (Wildman–Crippen LogP) is 1.47. The van der Waals surface area contributed by atoms with Crippen LogP contribution >= 0.6 is 0 Å². The Labute approximate surface area is 129 Å². The summed E-state index contributed by atoms with van der Waals surface area (Å²) < 4.78 is 21.1. The summed E-state index contributed by atoms with van der Waals surface area (Å²) in [7, 11) is 1.51. The first kappa shape index (κ1) is 16.5. The normalized spacial score (nSPS) is 24.5. The highest BCUT2D eigenvalue weighted by atomic mass is 16.6. The van der Waals surface area contributed by atoms with E-state index in [-0.39, 0.29) is 19.3 Å². The van der Waals surface area contributed by atoms with Crippen molar-refractivity contribution >= 4 is 11.9 Å². The first-order chi connectivity index (χ1) is 10.6. The van der Waals surface area contributed by atoms with Crippen LogP contribution in [0.25, 0.3) is 0 Å². The van der Waals surface area contributed by atoms with E-state index in [9.17, 15) is 9.59 Å². The molecule has 0 spiro atoms. The van der Waals surface area contributed by atoms with E-state index < -0.39 is 24.1 Å². The summed E-state index contributed by atoms with van der Waals surface area (Å²) in [6, 6.07) is 9.41. The van der Waals surface area contributed by atoms with Gasteiger partial charge in [0, 0.05) is 20.5 Å². The van der Waals surface area contributed by atoms with Gasteiger partial charge in [-0.05, 0) is 5.56 Å². The summed E-state index contributed by atoms with van der Waals surface area (Å²) in [5.74, 6) is -0.840. The summed E-state index contributed by atoms with van der Waals surface area (Å²) in [6.45, 7) is 1.64. The number of rotatable bonds is 5. The molecule has 0 bridgehead atoms. The lowest BCUT2D eigenvalue weighted by atomic mass is 10.0. The lowest BCUT2D eigenvalue weighted by Crippen LogP contribution is -2.47. The van der Waals surface area contributed by atoms with Crippen molar-refractivity contribution < 1.29 is 28.5 Å². The third-order valence-electron chi connectivity index (χ3n) is 3.43. The summed E-state index contributed by atoms with van der Waals surface area (Å²) in [5, 5.41) is 0. The molecule has 1 saturated heterocycles. The number of hydrogen-bond acceptors (Lipinski definition) is 6. The fourth-order valence-corrected chi connectivity index (χ4v) is 2.31. The van der Waals surface area contributed by atoms with E-state index in [0.717, 1.165) is 5.56 Å². The van der Waals surface area contributed by atoms with Crippen LogP contribution in [-0.2, 0) is 35.1 Å². The van der Waals surface area contributed by atoms with Crippen LogP contribution in [0.2, 0.25) is 0 Å². The number of carbonyl (C=O) groups excluding carboxylic acids is 2. The fraction of sp³-hybridized carbons (Fsp3) is 0.500. The number of methoxy groups -OCH3 is 1. The molecule has 1 aliphatic rings. The van der Waals surface area contributed by atoms with Crippen LogP contribution < -0.4 is 0 Å². The van der Waals surface area contributed by atoms with Crippen LogP contribution in [-0.4, -0.2) is 44.0 Å². The third kappa shape index (κ3) is 4.54. The van der Waals surface area contributed by atoms with Crippen LogP contribution in [0.3, 0.4) is 0 Å². The maximum atomic E-state index is 12.1. The van der Waals surface area contributed by atoms with Crippen molar-refractivity contribution in [1.82, 2.24) is 0 Å². The Balaban J connectivity index is 1.85. The molecule has 0 saturated carbocycles. The molecule has 1 aliphatic heterocycles. The van der Waals surface area contributed by atoms with Crippen molar-refractivity contribution in [2.24, 2.45) is 0 Å². The second-order valence-electron chi connectivity index (χ2n) is 5.07. The van der Waals surface area contributed by atoms with Gasteiger partial charge in [0.2, 0.25) is 0 Å². The molecule has 1 heterocycles. The van der Waals surface area contributed by atoms with E-state index >= 15 is 0 Å². The second kappa shape index (κ2) is 7.91. The Hall–Kier alpha value is -1.92. The predicted molar refractivity (Wildman–Crippen MR) is 76.9 cm³/mol. The Morgan fingerprint density at radius 3 is 2.59 bits per heavy atom. The monoisotopic (exact) mass is 308 g/mol. The van der Waals surface area contributed by atoms with Crippen LogP contribution in [0.15, 0.2) is 30.3 Å². The molecule has 2 unspecified atom stereocenters. The molecule has 0 radical (unpaired) electrons. The molecule has 1 aromatic rings. The van der Waals surface area contributed by atoms with E-state index in [4.69, 9.17) is 18.9 Å². The number of hydrogen-bond donors (Lipinski definition) is 0. The molecule has 6 nitrogen and oxygen atoms in total. The molecule has 0 amide bonds. The molecule has 0 N–H and O–H groups in total. The smallest absolute Gasteiger partial charge is 0.335 e. The van der Waals surface area contributed by atoms with Crippen molar-refractivity contribution in [3.05, 3.63) is 35.9 Å². The number of ether oxygens (including phenoxy) is 4. The molecular weight excluding hydrogens is 288 g/mol. The Morgan fingerprint density at radius 1 is 1.23 bits per heavy atom. The van der Waals surface area contributed by atoms with Gasteiger partial charge in [0.1, 0.15) is 6.61 Å². The van der Waals surface area contributed by atoms with E-state index in [1.54, 1.807) is 0 Å². The van der Waals surface area contributed by atoms with Crippen molar-refractivity contribution in [2.75, 3.05) is 13.7 Å². The minimum absolute atomic E-state index is 0.114. The van der Waals surface area contributed by atoms with Crippen LogP contribution in [0.5, 0.6) is 0 Å². The Bertz CT molecular complexity index is 501. The average molecular weight is 308 g/mol. The zero-order valence-corrected chi connectivity index (χ0v) is 12.7. The quantitative estimate of drug-likeness (QED) is 0.767. The van der Waals surface area contributed by atoms with E-state index in [1.807, 2.05) is 30.3 Å². The number of esters is 2. The van der Waals surface area contributed by atoms with Crippen molar-refractivity contribution in [1.29, 1.82) is 0 Å². The molecule has 22 heavy (non-hydrogen) atoms.